The summed E-state index contributed by atoms with van der Waals surface area (Å²) >= 11 is 16.7. The van der Waals surface area contributed by atoms with E-state index in [9.17, 15) is 4.79 Å². The lowest BCUT2D eigenvalue weighted by Crippen LogP contribution is -2.40. The number of ether oxygens (including phenoxy) is 2. The summed E-state index contributed by atoms with van der Waals surface area (Å²) in [5, 5.41) is 0. The van der Waals surface area contributed by atoms with Crippen LogP contribution in [0.3, 0.4) is 0 Å². The van der Waals surface area contributed by atoms with Gasteiger partial charge < -0.3 is 9.47 Å². The topological polar surface area (TPSA) is 47.9 Å². The molecule has 0 N–H and O–H groups in total. The highest BCUT2D eigenvalue weighted by Gasteiger charge is 2.46. The first-order valence-corrected chi connectivity index (χ1v) is 4.42. The number of hydrogen-bond acceptors (Lipinski definition) is 4. The van der Waals surface area contributed by atoms with E-state index in [0.29, 0.717) is 0 Å². The van der Waals surface area contributed by atoms with Crippen molar-refractivity contribution in [3.8, 4) is 0 Å². The molecule has 13 heavy (non-hydrogen) atoms. The highest BCUT2D eigenvalue weighted by Crippen LogP contribution is 2.36. The molecule has 0 aromatic heterocycles. The number of hydrogen-bond donors (Lipinski definition) is 0. The van der Waals surface area contributed by atoms with Crippen LogP contribution in [-0.2, 0) is 14.3 Å². The molecule has 0 saturated heterocycles. The largest absolute Gasteiger partial charge is 0.473 e. The van der Waals surface area contributed by atoms with Gasteiger partial charge in [-0.15, -0.1) is 0 Å². The SMILES string of the molecule is COC(=O)C1N=COC1C(Cl)(Cl)Cl. The van der Waals surface area contributed by atoms with Gasteiger partial charge in [-0.3, -0.25) is 0 Å². The quantitative estimate of drug-likeness (QED) is 0.518. The second kappa shape index (κ2) is 3.90. The van der Waals surface area contributed by atoms with Crippen LogP contribution in [0.25, 0.3) is 0 Å². The number of aliphatic imine (C=N–C) groups is 1. The summed E-state index contributed by atoms with van der Waals surface area (Å²) in [6.07, 6.45) is 0.152. The third kappa shape index (κ3) is 2.39. The van der Waals surface area contributed by atoms with Crippen molar-refractivity contribution >= 4 is 47.2 Å². The van der Waals surface area contributed by atoms with Gasteiger partial charge in [-0.25, -0.2) is 9.79 Å². The van der Waals surface area contributed by atoms with E-state index in [0.717, 1.165) is 6.40 Å². The normalized spacial score (nSPS) is 27.1. The van der Waals surface area contributed by atoms with Gasteiger partial charge in [0.05, 0.1) is 7.11 Å². The van der Waals surface area contributed by atoms with Gasteiger partial charge in [-0.1, -0.05) is 34.8 Å². The average molecular weight is 246 g/mol. The number of esters is 1. The van der Waals surface area contributed by atoms with E-state index in [1.165, 1.54) is 7.11 Å². The summed E-state index contributed by atoms with van der Waals surface area (Å²) in [7, 11) is 1.23. The van der Waals surface area contributed by atoms with Crippen LogP contribution in [0.15, 0.2) is 4.99 Å². The molecule has 1 aliphatic heterocycles. The Balaban J connectivity index is 2.74. The van der Waals surface area contributed by atoms with Gasteiger partial charge in [0.25, 0.3) is 0 Å². The molecule has 7 heteroatoms. The number of halogens is 3. The molecular formula is C6H6Cl3NO3. The first-order chi connectivity index (χ1) is 5.96. The highest BCUT2D eigenvalue weighted by atomic mass is 35.6. The Morgan fingerprint density at radius 2 is 2.23 bits per heavy atom. The lowest BCUT2D eigenvalue weighted by Gasteiger charge is -2.21. The molecule has 74 valence electrons. The predicted molar refractivity (Wildman–Crippen MR) is 49.5 cm³/mol. The van der Waals surface area contributed by atoms with E-state index in [4.69, 9.17) is 39.5 Å². The Hall–Kier alpha value is -0.190. The summed E-state index contributed by atoms with van der Waals surface area (Å²) in [5.41, 5.74) is 0. The number of methoxy groups -OCH3 is 1. The van der Waals surface area contributed by atoms with Crippen LogP contribution in [0.1, 0.15) is 0 Å². The van der Waals surface area contributed by atoms with Gasteiger partial charge in [0.1, 0.15) is 0 Å². The van der Waals surface area contributed by atoms with Gasteiger partial charge in [0.2, 0.25) is 3.79 Å². The van der Waals surface area contributed by atoms with Crippen molar-refractivity contribution in [2.75, 3.05) is 7.11 Å². The van der Waals surface area contributed by atoms with E-state index in [2.05, 4.69) is 9.73 Å². The van der Waals surface area contributed by atoms with E-state index < -0.39 is 21.9 Å². The minimum Gasteiger partial charge on any atom is -0.473 e. The van der Waals surface area contributed by atoms with Gasteiger partial charge in [-0.05, 0) is 0 Å². The minimum atomic E-state index is -1.70. The van der Waals surface area contributed by atoms with Crippen LogP contribution >= 0.6 is 34.8 Å². The summed E-state index contributed by atoms with van der Waals surface area (Å²) in [5.74, 6) is -0.593. The summed E-state index contributed by atoms with van der Waals surface area (Å²) in [4.78, 5) is 14.8. The van der Waals surface area contributed by atoms with Crippen molar-refractivity contribution in [3.63, 3.8) is 0 Å². The van der Waals surface area contributed by atoms with Crippen molar-refractivity contribution in [2.45, 2.75) is 15.9 Å². The van der Waals surface area contributed by atoms with E-state index in [1.54, 1.807) is 0 Å². The van der Waals surface area contributed by atoms with Gasteiger partial charge in [-0.2, -0.15) is 0 Å². The fraction of sp³-hybridized carbons (Fsp3) is 0.667. The fourth-order valence-electron chi connectivity index (χ4n) is 0.880. The second-order valence-corrected chi connectivity index (χ2v) is 4.69. The fourth-order valence-corrected chi connectivity index (χ4v) is 1.39. The smallest absolute Gasteiger partial charge is 0.334 e. The van der Waals surface area contributed by atoms with Crippen LogP contribution in [0.4, 0.5) is 0 Å². The van der Waals surface area contributed by atoms with Crippen molar-refractivity contribution in [2.24, 2.45) is 4.99 Å². The van der Waals surface area contributed by atoms with Crippen molar-refractivity contribution in [3.05, 3.63) is 0 Å². The van der Waals surface area contributed by atoms with E-state index >= 15 is 0 Å². The van der Waals surface area contributed by atoms with Gasteiger partial charge in [0.15, 0.2) is 18.5 Å². The van der Waals surface area contributed by atoms with Crippen LogP contribution in [0.2, 0.25) is 0 Å². The number of nitrogens with zero attached hydrogens (tertiary/aromatic N) is 1. The van der Waals surface area contributed by atoms with Crippen LogP contribution < -0.4 is 0 Å². The monoisotopic (exact) mass is 245 g/mol. The maximum Gasteiger partial charge on any atom is 0.334 e. The molecule has 0 spiro atoms. The highest BCUT2D eigenvalue weighted by molar-refractivity contribution is 6.68. The molecule has 0 aromatic carbocycles. The van der Waals surface area contributed by atoms with Crippen LogP contribution in [-0.4, -0.2) is 35.4 Å². The number of carbonyl (C=O) groups excluding carboxylic acids is 1. The number of rotatable bonds is 1. The minimum absolute atomic E-state index is 0.593. The predicted octanol–water partition coefficient (Wildman–Crippen LogP) is 1.33. The molecule has 4 nitrogen and oxygen atoms in total. The Kier molecular flexibility index (Phi) is 3.27. The third-order valence-corrected chi connectivity index (χ3v) is 2.13. The van der Waals surface area contributed by atoms with Crippen molar-refractivity contribution in [1.82, 2.24) is 0 Å². The van der Waals surface area contributed by atoms with Gasteiger partial charge >= 0.3 is 5.97 Å². The molecule has 0 bridgehead atoms. The first-order valence-electron chi connectivity index (χ1n) is 3.28. The molecule has 0 aliphatic carbocycles. The zero-order valence-electron chi connectivity index (χ0n) is 6.54. The molecule has 1 aliphatic rings. The molecule has 2 unspecified atom stereocenters. The number of alkyl halides is 3. The molecule has 1 rings (SSSR count). The number of carbonyl (C=O) groups is 1. The maximum absolute atomic E-state index is 11.1. The summed E-state index contributed by atoms with van der Waals surface area (Å²) in [6, 6.07) is -0.905. The Morgan fingerprint density at radius 1 is 1.62 bits per heavy atom. The molecule has 0 aromatic rings. The lowest BCUT2D eigenvalue weighted by molar-refractivity contribution is -0.143. The van der Waals surface area contributed by atoms with E-state index in [1.807, 2.05) is 0 Å². The molecule has 2 atom stereocenters. The molecule has 0 radical (unpaired) electrons. The maximum atomic E-state index is 11.1. The Morgan fingerprint density at radius 3 is 2.69 bits per heavy atom. The Labute approximate surface area is 89.8 Å². The standard InChI is InChI=1S/C6H6Cl3NO3/c1-12-5(11)3-4(6(7,8)9)13-2-10-3/h2-4H,1H3. The van der Waals surface area contributed by atoms with Crippen LogP contribution in [0, 0.1) is 0 Å². The second-order valence-electron chi connectivity index (χ2n) is 2.32. The van der Waals surface area contributed by atoms with E-state index in [-0.39, 0.29) is 0 Å². The zero-order valence-corrected chi connectivity index (χ0v) is 8.81. The lowest BCUT2D eigenvalue weighted by atomic mass is 10.2. The first kappa shape index (κ1) is 10.9. The Bertz CT molecular complexity index is 238. The molecule has 0 saturated carbocycles. The third-order valence-electron chi connectivity index (χ3n) is 1.48. The molecule has 1 heterocycles. The average Bonchev–Trinajstić information content (AvgIpc) is 2.49. The van der Waals surface area contributed by atoms with Crippen LogP contribution in [0.5, 0.6) is 0 Å². The zero-order chi connectivity index (χ0) is 10.1. The van der Waals surface area contributed by atoms with Crippen molar-refractivity contribution < 1.29 is 14.3 Å². The summed E-state index contributed by atoms with van der Waals surface area (Å²) in [6.45, 7) is 0. The molecule has 0 amide bonds. The molecular weight excluding hydrogens is 240 g/mol. The van der Waals surface area contributed by atoms with Gasteiger partial charge in [0, 0.05) is 0 Å². The van der Waals surface area contributed by atoms with Crippen molar-refractivity contribution in [1.29, 1.82) is 0 Å². The summed E-state index contributed by atoms with van der Waals surface area (Å²) < 4.78 is 7.62. The molecule has 0 fully saturated rings.